The molecule has 1 aromatic carbocycles. The van der Waals surface area contributed by atoms with Crippen LogP contribution in [0.4, 0.5) is 5.69 Å². The van der Waals surface area contributed by atoms with E-state index in [4.69, 9.17) is 5.73 Å². The van der Waals surface area contributed by atoms with E-state index in [9.17, 15) is 19.7 Å². The van der Waals surface area contributed by atoms with Crippen molar-refractivity contribution in [3.8, 4) is 0 Å². The molecule has 126 valence electrons. The highest BCUT2D eigenvalue weighted by Gasteiger charge is 2.22. The molecule has 24 heavy (non-hydrogen) atoms. The Hall–Kier alpha value is -2.74. The number of H-pyrrole nitrogens is 1. The summed E-state index contributed by atoms with van der Waals surface area (Å²) in [5, 5.41) is 14.2. The summed E-state index contributed by atoms with van der Waals surface area (Å²) >= 11 is 0. The molecule has 3 rings (SSSR count). The molecule has 8 heteroatoms. The smallest absolute Gasteiger partial charge is 0.270 e. The molecular formula is C16H18N4O4. The molecule has 0 aliphatic heterocycles. The Kier molecular flexibility index (Phi) is 4.30. The van der Waals surface area contributed by atoms with Crippen LogP contribution in [-0.2, 0) is 0 Å². The monoisotopic (exact) mass is 330 g/mol. The van der Waals surface area contributed by atoms with E-state index in [2.05, 4.69) is 10.3 Å². The van der Waals surface area contributed by atoms with Gasteiger partial charge in [-0.25, -0.2) is 0 Å². The number of rotatable bonds is 3. The predicted molar refractivity (Wildman–Crippen MR) is 88.9 cm³/mol. The molecule has 8 nitrogen and oxygen atoms in total. The number of hydrogen-bond donors (Lipinski definition) is 3. The molecule has 0 radical (unpaired) electrons. The van der Waals surface area contributed by atoms with E-state index in [-0.39, 0.29) is 23.3 Å². The molecule has 1 amide bonds. The minimum Gasteiger partial charge on any atom is -0.349 e. The normalized spacial score (nSPS) is 20.7. The Balaban J connectivity index is 1.94. The molecule has 4 N–H and O–H groups in total. The molecule has 0 bridgehead atoms. The molecule has 1 aliphatic rings. The number of nitrogens with two attached hydrogens (primary N) is 1. The van der Waals surface area contributed by atoms with Gasteiger partial charge in [0, 0.05) is 41.2 Å². The first-order valence-electron chi connectivity index (χ1n) is 7.82. The zero-order chi connectivity index (χ0) is 17.3. The summed E-state index contributed by atoms with van der Waals surface area (Å²) in [5.41, 5.74) is 5.84. The van der Waals surface area contributed by atoms with Crippen LogP contribution in [-0.4, -0.2) is 27.9 Å². The molecule has 0 unspecified atom stereocenters. The average Bonchev–Trinajstić information content (AvgIpc) is 2.55. The molecule has 1 heterocycles. The fourth-order valence-electron chi connectivity index (χ4n) is 3.07. The number of nitro benzene ring substituents is 1. The molecule has 1 aliphatic carbocycles. The van der Waals surface area contributed by atoms with Crippen LogP contribution in [0, 0.1) is 10.1 Å². The minimum atomic E-state index is -0.533. The van der Waals surface area contributed by atoms with E-state index >= 15 is 0 Å². The largest absolute Gasteiger partial charge is 0.349 e. The third-order valence-corrected chi connectivity index (χ3v) is 4.39. The van der Waals surface area contributed by atoms with Crippen LogP contribution in [0.1, 0.15) is 36.0 Å². The second-order valence-corrected chi connectivity index (χ2v) is 6.12. The number of carbonyl (C=O) groups excluding carboxylic acids is 1. The van der Waals surface area contributed by atoms with Gasteiger partial charge >= 0.3 is 0 Å². The van der Waals surface area contributed by atoms with Gasteiger partial charge in [0.15, 0.2) is 0 Å². The first-order chi connectivity index (χ1) is 11.4. The van der Waals surface area contributed by atoms with E-state index in [1.165, 1.54) is 24.3 Å². The summed E-state index contributed by atoms with van der Waals surface area (Å²) < 4.78 is 0. The molecule has 0 atom stereocenters. The number of aromatic nitrogens is 1. The van der Waals surface area contributed by atoms with E-state index in [1.807, 2.05) is 0 Å². The van der Waals surface area contributed by atoms with Crippen molar-refractivity contribution in [3.63, 3.8) is 0 Å². The number of nitrogens with one attached hydrogen (secondary N) is 2. The number of nitro groups is 1. The third-order valence-electron chi connectivity index (χ3n) is 4.39. The molecule has 1 aromatic heterocycles. The van der Waals surface area contributed by atoms with Crippen LogP contribution in [0.2, 0.25) is 0 Å². The highest BCUT2D eigenvalue weighted by Crippen LogP contribution is 2.23. The fourth-order valence-corrected chi connectivity index (χ4v) is 3.07. The summed E-state index contributed by atoms with van der Waals surface area (Å²) in [4.78, 5) is 37.4. The topological polar surface area (TPSA) is 131 Å². The van der Waals surface area contributed by atoms with Crippen molar-refractivity contribution in [1.82, 2.24) is 10.3 Å². The number of carbonyl (C=O) groups is 1. The number of pyridine rings is 1. The van der Waals surface area contributed by atoms with Gasteiger partial charge in [0.2, 0.25) is 5.56 Å². The van der Waals surface area contributed by atoms with Crippen molar-refractivity contribution in [1.29, 1.82) is 0 Å². The van der Waals surface area contributed by atoms with Crippen molar-refractivity contribution in [2.24, 2.45) is 5.73 Å². The number of non-ortho nitro benzene ring substituents is 1. The van der Waals surface area contributed by atoms with E-state index in [0.29, 0.717) is 10.9 Å². The maximum atomic E-state index is 12.6. The number of hydrogen-bond acceptors (Lipinski definition) is 5. The molecule has 0 spiro atoms. The zero-order valence-corrected chi connectivity index (χ0v) is 13.0. The summed E-state index contributed by atoms with van der Waals surface area (Å²) in [5.74, 6) is -0.396. The van der Waals surface area contributed by atoms with Gasteiger partial charge in [-0.05, 0) is 31.7 Å². The van der Waals surface area contributed by atoms with Gasteiger partial charge in [0.1, 0.15) is 0 Å². The Labute approximate surface area is 137 Å². The van der Waals surface area contributed by atoms with Crippen LogP contribution >= 0.6 is 0 Å². The SMILES string of the molecule is NC1CCC(NC(=O)c2cc(=O)[nH]c3ccc([N+](=O)[O-])cc23)CC1. The van der Waals surface area contributed by atoms with Gasteiger partial charge in [-0.3, -0.25) is 19.7 Å². The third kappa shape index (κ3) is 3.28. The molecule has 1 saturated carbocycles. The minimum absolute atomic E-state index is 0.00494. The summed E-state index contributed by atoms with van der Waals surface area (Å²) in [6.07, 6.45) is 3.25. The van der Waals surface area contributed by atoms with Crippen LogP contribution in [0.15, 0.2) is 29.1 Å². The lowest BCUT2D eigenvalue weighted by Gasteiger charge is -2.26. The number of fused-ring (bicyclic) bond motifs is 1. The lowest BCUT2D eigenvalue weighted by atomic mass is 9.91. The maximum absolute atomic E-state index is 12.6. The van der Waals surface area contributed by atoms with E-state index < -0.39 is 16.4 Å². The lowest BCUT2D eigenvalue weighted by Crippen LogP contribution is -2.40. The van der Waals surface area contributed by atoms with Crippen LogP contribution < -0.4 is 16.6 Å². The first kappa shape index (κ1) is 16.1. The Morgan fingerprint density at radius 2 is 1.96 bits per heavy atom. The van der Waals surface area contributed by atoms with Gasteiger partial charge in [-0.15, -0.1) is 0 Å². The fraction of sp³-hybridized carbons (Fsp3) is 0.375. The Morgan fingerprint density at radius 3 is 2.62 bits per heavy atom. The number of amides is 1. The highest BCUT2D eigenvalue weighted by atomic mass is 16.6. The maximum Gasteiger partial charge on any atom is 0.270 e. The Morgan fingerprint density at radius 1 is 1.25 bits per heavy atom. The van der Waals surface area contributed by atoms with Crippen LogP contribution in [0.25, 0.3) is 10.9 Å². The predicted octanol–water partition coefficient (Wildman–Crippen LogP) is 1.44. The highest BCUT2D eigenvalue weighted by molar-refractivity contribution is 6.06. The summed E-state index contributed by atoms with van der Waals surface area (Å²) in [7, 11) is 0. The van der Waals surface area contributed by atoms with Gasteiger partial charge in [-0.1, -0.05) is 0 Å². The molecule has 1 fully saturated rings. The molecular weight excluding hydrogens is 312 g/mol. The standard InChI is InChI=1S/C16H18N4O4/c17-9-1-3-10(4-2-9)18-16(22)13-8-15(21)19-14-6-5-11(20(23)24)7-12(13)14/h5-10H,1-4,17H2,(H,18,22)(H,19,21). The summed E-state index contributed by atoms with van der Waals surface area (Å²) in [6, 6.07) is 5.38. The van der Waals surface area contributed by atoms with Gasteiger partial charge in [0.25, 0.3) is 11.6 Å². The molecule has 2 aromatic rings. The quantitative estimate of drug-likeness (QED) is 0.579. The number of nitrogens with zero attached hydrogens (tertiary/aromatic N) is 1. The van der Waals surface area contributed by atoms with Crippen molar-refractivity contribution in [3.05, 3.63) is 50.3 Å². The number of aromatic amines is 1. The Bertz CT molecular complexity index is 853. The van der Waals surface area contributed by atoms with Crippen molar-refractivity contribution < 1.29 is 9.72 Å². The zero-order valence-electron chi connectivity index (χ0n) is 13.0. The van der Waals surface area contributed by atoms with E-state index in [1.54, 1.807) is 0 Å². The average molecular weight is 330 g/mol. The van der Waals surface area contributed by atoms with Crippen molar-refractivity contribution in [2.45, 2.75) is 37.8 Å². The summed E-state index contributed by atoms with van der Waals surface area (Å²) in [6.45, 7) is 0. The van der Waals surface area contributed by atoms with Gasteiger partial charge < -0.3 is 16.0 Å². The van der Waals surface area contributed by atoms with Crippen LogP contribution in [0.5, 0.6) is 0 Å². The number of benzene rings is 1. The van der Waals surface area contributed by atoms with Crippen LogP contribution in [0.3, 0.4) is 0 Å². The first-order valence-corrected chi connectivity index (χ1v) is 7.82. The van der Waals surface area contributed by atoms with Crippen molar-refractivity contribution in [2.75, 3.05) is 0 Å². The second-order valence-electron chi connectivity index (χ2n) is 6.12. The van der Waals surface area contributed by atoms with E-state index in [0.717, 1.165) is 25.7 Å². The van der Waals surface area contributed by atoms with Gasteiger partial charge in [0.05, 0.1) is 10.5 Å². The molecule has 0 saturated heterocycles. The van der Waals surface area contributed by atoms with Gasteiger partial charge in [-0.2, -0.15) is 0 Å². The van der Waals surface area contributed by atoms with Crippen molar-refractivity contribution >= 4 is 22.5 Å². The second kappa shape index (κ2) is 6.40. The lowest BCUT2D eigenvalue weighted by molar-refractivity contribution is -0.384.